The minimum atomic E-state index is -0.174. The summed E-state index contributed by atoms with van der Waals surface area (Å²) in [5.41, 5.74) is 6.33. The predicted octanol–water partition coefficient (Wildman–Crippen LogP) is 7.71. The molecule has 0 radical (unpaired) electrons. The third-order valence-electron chi connectivity index (χ3n) is 6.09. The van der Waals surface area contributed by atoms with E-state index in [0.29, 0.717) is 17.8 Å². The number of hydrogen-bond donors (Lipinski definition) is 0. The number of rotatable bonds is 5. The molecule has 1 aliphatic rings. The van der Waals surface area contributed by atoms with Crippen LogP contribution in [0.15, 0.2) is 36.4 Å². The van der Waals surface area contributed by atoms with Crippen LogP contribution in [0.2, 0.25) is 0 Å². The molecule has 0 N–H and O–H groups in total. The van der Waals surface area contributed by atoms with E-state index < -0.39 is 0 Å². The first kappa shape index (κ1) is 22.0. The van der Waals surface area contributed by atoms with E-state index in [4.69, 9.17) is 12.2 Å². The monoisotopic (exact) mass is 411 g/mol. The summed E-state index contributed by atoms with van der Waals surface area (Å²) in [6, 6.07) is 11.9. The Morgan fingerprint density at radius 1 is 0.966 bits per heavy atom. The van der Waals surface area contributed by atoms with Gasteiger partial charge in [0.2, 0.25) is 0 Å². The molecule has 0 aliphatic carbocycles. The Bertz CT molecular complexity index is 855. The third-order valence-corrected chi connectivity index (χ3v) is 6.53. The molecule has 2 aromatic rings. The zero-order valence-corrected chi connectivity index (χ0v) is 19.4. The van der Waals surface area contributed by atoms with E-state index in [9.17, 15) is 4.39 Å². The summed E-state index contributed by atoms with van der Waals surface area (Å²) in [5, 5.41) is 0. The highest BCUT2D eigenvalue weighted by Crippen LogP contribution is 2.38. The van der Waals surface area contributed by atoms with E-state index in [0.717, 1.165) is 29.9 Å². The number of nitrogens with zero attached hydrogens (tertiary/aromatic N) is 1. The minimum Gasteiger partial charge on any atom is -0.355 e. The highest BCUT2D eigenvalue weighted by atomic mass is 32.1. The van der Waals surface area contributed by atoms with Gasteiger partial charge in [-0.15, -0.1) is 0 Å². The van der Waals surface area contributed by atoms with Crippen LogP contribution in [0.3, 0.4) is 0 Å². The van der Waals surface area contributed by atoms with Gasteiger partial charge in [0.05, 0.1) is 6.04 Å². The number of thiocarbonyl (C=S) groups is 1. The quantitative estimate of drug-likeness (QED) is 0.464. The van der Waals surface area contributed by atoms with E-state index in [1.165, 1.54) is 28.3 Å². The van der Waals surface area contributed by atoms with Crippen LogP contribution in [0, 0.1) is 5.82 Å². The number of halogens is 1. The van der Waals surface area contributed by atoms with Crippen molar-refractivity contribution in [1.29, 1.82) is 0 Å². The number of benzene rings is 2. The smallest absolute Gasteiger partial charge is 0.123 e. The first-order valence-corrected chi connectivity index (χ1v) is 11.4. The molecule has 156 valence electrons. The predicted molar refractivity (Wildman–Crippen MR) is 125 cm³/mol. The van der Waals surface area contributed by atoms with Gasteiger partial charge in [-0.25, -0.2) is 4.39 Å². The second kappa shape index (κ2) is 8.95. The molecule has 0 spiro atoms. The van der Waals surface area contributed by atoms with Crippen LogP contribution in [0.1, 0.15) is 106 Å². The van der Waals surface area contributed by atoms with E-state index in [1.807, 2.05) is 6.07 Å². The van der Waals surface area contributed by atoms with Crippen LogP contribution in [0.5, 0.6) is 0 Å². The van der Waals surface area contributed by atoms with Crippen molar-refractivity contribution in [3.63, 3.8) is 0 Å². The molecule has 0 bridgehead atoms. The van der Waals surface area contributed by atoms with Crippen molar-refractivity contribution in [3.8, 4) is 0 Å². The largest absolute Gasteiger partial charge is 0.355 e. The lowest BCUT2D eigenvalue weighted by molar-refractivity contribution is 0.405. The fourth-order valence-electron chi connectivity index (χ4n) is 4.42. The van der Waals surface area contributed by atoms with Crippen molar-refractivity contribution >= 4 is 17.2 Å². The molecule has 1 aliphatic heterocycles. The van der Waals surface area contributed by atoms with E-state index in [2.05, 4.69) is 58.6 Å². The molecular formula is C26H34FNS. The van der Waals surface area contributed by atoms with Crippen molar-refractivity contribution in [2.45, 2.75) is 78.2 Å². The molecule has 0 unspecified atom stereocenters. The van der Waals surface area contributed by atoms with Gasteiger partial charge in [0.15, 0.2) is 0 Å². The summed E-state index contributed by atoms with van der Waals surface area (Å²) in [5.74, 6) is 1.11. The number of hydrogen-bond acceptors (Lipinski definition) is 1. The van der Waals surface area contributed by atoms with Gasteiger partial charge in [-0.3, -0.25) is 0 Å². The van der Waals surface area contributed by atoms with Crippen LogP contribution in [0.4, 0.5) is 4.39 Å². The molecule has 2 aromatic carbocycles. The molecule has 0 saturated carbocycles. The maximum Gasteiger partial charge on any atom is 0.123 e. The van der Waals surface area contributed by atoms with Crippen LogP contribution in [-0.4, -0.2) is 16.4 Å². The topological polar surface area (TPSA) is 3.24 Å². The SMILES string of the molecule is CC(C)c1cc(C(C)C)c(C(=S)N2CCC[C@@H]2c2cccc(F)c2)c(C(C)C)c1. The summed E-state index contributed by atoms with van der Waals surface area (Å²) < 4.78 is 13.9. The molecule has 3 heteroatoms. The molecule has 0 amide bonds. The van der Waals surface area contributed by atoms with Gasteiger partial charge in [0.1, 0.15) is 10.8 Å². The molecule has 1 heterocycles. The minimum absolute atomic E-state index is 0.156. The van der Waals surface area contributed by atoms with Gasteiger partial charge in [0, 0.05) is 12.1 Å². The van der Waals surface area contributed by atoms with Crippen molar-refractivity contribution in [2.75, 3.05) is 6.54 Å². The summed E-state index contributed by atoms with van der Waals surface area (Å²) in [6.45, 7) is 14.5. The van der Waals surface area contributed by atoms with Gasteiger partial charge in [0.25, 0.3) is 0 Å². The first-order chi connectivity index (χ1) is 13.7. The summed E-state index contributed by atoms with van der Waals surface area (Å²) in [6.07, 6.45) is 2.10. The normalized spacial score (nSPS) is 17.0. The maximum atomic E-state index is 13.9. The second-order valence-corrected chi connectivity index (χ2v) is 9.64. The van der Waals surface area contributed by atoms with E-state index >= 15 is 0 Å². The Labute approximate surface area is 181 Å². The van der Waals surface area contributed by atoms with Gasteiger partial charge in [-0.05, 0) is 65.0 Å². The summed E-state index contributed by atoms with van der Waals surface area (Å²) >= 11 is 6.14. The third kappa shape index (κ3) is 4.55. The standard InChI is InChI=1S/C26H34FNS/c1-16(2)20-14-22(17(3)4)25(23(15-20)18(5)6)26(29)28-12-8-11-24(28)19-9-7-10-21(27)13-19/h7,9-10,13-18,24H,8,11-12H2,1-6H3/t24-/m1/s1. The lowest BCUT2D eigenvalue weighted by atomic mass is 9.84. The molecule has 0 aromatic heterocycles. The second-order valence-electron chi connectivity index (χ2n) is 9.25. The maximum absolute atomic E-state index is 13.9. The number of likely N-dealkylation sites (tertiary alicyclic amines) is 1. The van der Waals surface area contributed by atoms with E-state index in [-0.39, 0.29) is 11.9 Å². The average molecular weight is 412 g/mol. The average Bonchev–Trinajstić information content (AvgIpc) is 3.16. The molecule has 1 atom stereocenters. The molecule has 1 fully saturated rings. The Kier molecular flexibility index (Phi) is 6.78. The highest BCUT2D eigenvalue weighted by molar-refractivity contribution is 7.80. The highest BCUT2D eigenvalue weighted by Gasteiger charge is 2.31. The van der Waals surface area contributed by atoms with Gasteiger partial charge < -0.3 is 4.90 Å². The van der Waals surface area contributed by atoms with Crippen LogP contribution in [-0.2, 0) is 0 Å². The Balaban J connectivity index is 2.10. The fraction of sp³-hybridized carbons (Fsp3) is 0.500. The zero-order valence-electron chi connectivity index (χ0n) is 18.6. The molecule has 1 saturated heterocycles. The van der Waals surface area contributed by atoms with Crippen LogP contribution < -0.4 is 0 Å². The van der Waals surface area contributed by atoms with Crippen molar-refractivity contribution in [2.24, 2.45) is 0 Å². The Morgan fingerprint density at radius 2 is 1.59 bits per heavy atom. The van der Waals surface area contributed by atoms with Crippen LogP contribution >= 0.6 is 12.2 Å². The van der Waals surface area contributed by atoms with Crippen molar-refractivity contribution in [1.82, 2.24) is 4.90 Å². The zero-order chi connectivity index (χ0) is 21.3. The van der Waals surface area contributed by atoms with Crippen LogP contribution in [0.25, 0.3) is 0 Å². The molecule has 3 rings (SSSR count). The van der Waals surface area contributed by atoms with Crippen molar-refractivity contribution < 1.29 is 4.39 Å². The Morgan fingerprint density at radius 3 is 2.10 bits per heavy atom. The lowest BCUT2D eigenvalue weighted by Crippen LogP contribution is -2.32. The van der Waals surface area contributed by atoms with Gasteiger partial charge >= 0.3 is 0 Å². The molecule has 29 heavy (non-hydrogen) atoms. The summed E-state index contributed by atoms with van der Waals surface area (Å²) in [7, 11) is 0. The van der Waals surface area contributed by atoms with Crippen molar-refractivity contribution in [3.05, 3.63) is 70.0 Å². The summed E-state index contributed by atoms with van der Waals surface area (Å²) in [4.78, 5) is 3.27. The van der Waals surface area contributed by atoms with E-state index in [1.54, 1.807) is 12.1 Å². The van der Waals surface area contributed by atoms with Gasteiger partial charge in [-0.1, -0.05) is 78.0 Å². The Hall–Kier alpha value is -1.74. The first-order valence-electron chi connectivity index (χ1n) is 10.9. The fourth-order valence-corrected chi connectivity index (χ4v) is 4.87. The van der Waals surface area contributed by atoms with Gasteiger partial charge in [-0.2, -0.15) is 0 Å². The molecular weight excluding hydrogens is 377 g/mol. The molecule has 1 nitrogen and oxygen atoms in total. The lowest BCUT2D eigenvalue weighted by Gasteiger charge is -2.32.